The van der Waals surface area contributed by atoms with Crippen molar-refractivity contribution in [1.29, 1.82) is 0 Å². The number of likely N-dealkylation sites (N-methyl/N-ethyl adjacent to an activating group) is 1. The van der Waals surface area contributed by atoms with E-state index in [0.717, 1.165) is 61.5 Å². The third kappa shape index (κ3) is 9.24. The van der Waals surface area contributed by atoms with E-state index in [4.69, 9.17) is 9.47 Å². The highest BCUT2D eigenvalue weighted by molar-refractivity contribution is 7.98. The zero-order valence-electron chi connectivity index (χ0n) is 17.5. The Bertz CT molecular complexity index is 551. The molecule has 0 heterocycles. The molecule has 0 atom stereocenters. The maximum Gasteiger partial charge on any atom is 0.191 e. The summed E-state index contributed by atoms with van der Waals surface area (Å²) in [6.07, 6.45) is 2.10. The van der Waals surface area contributed by atoms with Crippen molar-refractivity contribution in [3.63, 3.8) is 0 Å². The van der Waals surface area contributed by atoms with Gasteiger partial charge in [-0.2, -0.15) is 11.8 Å². The molecule has 7 heteroatoms. The summed E-state index contributed by atoms with van der Waals surface area (Å²) in [4.78, 5) is 6.99. The lowest BCUT2D eigenvalue weighted by molar-refractivity contribution is 0.217. The lowest BCUT2D eigenvalue weighted by Crippen LogP contribution is -2.38. The second-order valence-electron chi connectivity index (χ2n) is 5.98. The fraction of sp³-hybridized carbons (Fsp3) is 0.650. The number of ether oxygens (including phenoxy) is 2. The first kappa shape index (κ1) is 23.4. The molecular formula is C20H36N4O2S. The summed E-state index contributed by atoms with van der Waals surface area (Å²) >= 11 is 1.81. The number of methoxy groups -OCH3 is 1. The van der Waals surface area contributed by atoms with Crippen molar-refractivity contribution in [2.24, 2.45) is 4.99 Å². The van der Waals surface area contributed by atoms with E-state index < -0.39 is 0 Å². The molecule has 0 unspecified atom stereocenters. The third-order valence-corrected chi connectivity index (χ3v) is 4.76. The van der Waals surface area contributed by atoms with Crippen molar-refractivity contribution in [3.05, 3.63) is 23.8 Å². The molecule has 154 valence electrons. The third-order valence-electron chi connectivity index (χ3n) is 4.15. The van der Waals surface area contributed by atoms with Gasteiger partial charge in [0.05, 0.1) is 13.7 Å². The molecule has 2 N–H and O–H groups in total. The molecule has 0 aliphatic heterocycles. The minimum atomic E-state index is 0.588. The summed E-state index contributed by atoms with van der Waals surface area (Å²) in [6, 6.07) is 6.02. The van der Waals surface area contributed by atoms with Gasteiger partial charge in [0.25, 0.3) is 0 Å². The first-order chi connectivity index (χ1) is 13.2. The van der Waals surface area contributed by atoms with E-state index in [9.17, 15) is 0 Å². The summed E-state index contributed by atoms with van der Waals surface area (Å²) < 4.78 is 11.4. The molecule has 1 rings (SSSR count). The SMILES string of the molecule is CCNC(=NCc1ccc(OCCN(CC)CC)c(OC)c1)NCCSC. The van der Waals surface area contributed by atoms with Crippen molar-refractivity contribution in [3.8, 4) is 11.5 Å². The van der Waals surface area contributed by atoms with Gasteiger partial charge in [-0.05, 0) is 44.0 Å². The number of hydrogen-bond acceptors (Lipinski definition) is 5. The largest absolute Gasteiger partial charge is 0.493 e. The molecule has 6 nitrogen and oxygen atoms in total. The van der Waals surface area contributed by atoms with Gasteiger partial charge < -0.3 is 25.0 Å². The van der Waals surface area contributed by atoms with Crippen LogP contribution in [0.25, 0.3) is 0 Å². The highest BCUT2D eigenvalue weighted by atomic mass is 32.2. The van der Waals surface area contributed by atoms with Gasteiger partial charge in [0, 0.05) is 25.4 Å². The second-order valence-corrected chi connectivity index (χ2v) is 6.96. The van der Waals surface area contributed by atoms with Gasteiger partial charge in [-0.25, -0.2) is 4.99 Å². The Hall–Kier alpha value is -1.60. The van der Waals surface area contributed by atoms with Crippen molar-refractivity contribution in [2.75, 3.05) is 58.4 Å². The van der Waals surface area contributed by atoms with E-state index in [2.05, 4.69) is 47.6 Å². The predicted molar refractivity (Wildman–Crippen MR) is 117 cm³/mol. The molecule has 0 saturated heterocycles. The van der Waals surface area contributed by atoms with Crippen LogP contribution in [-0.2, 0) is 6.54 Å². The number of thioether (sulfide) groups is 1. The van der Waals surface area contributed by atoms with Crippen molar-refractivity contribution in [2.45, 2.75) is 27.3 Å². The van der Waals surface area contributed by atoms with Crippen LogP contribution in [0, 0.1) is 0 Å². The molecule has 0 amide bonds. The lowest BCUT2D eigenvalue weighted by Gasteiger charge is -2.19. The summed E-state index contributed by atoms with van der Waals surface area (Å²) in [5.74, 6) is 3.42. The predicted octanol–water partition coefficient (Wildman–Crippen LogP) is 2.83. The first-order valence-corrected chi connectivity index (χ1v) is 11.1. The van der Waals surface area contributed by atoms with Crippen LogP contribution in [0.15, 0.2) is 23.2 Å². The minimum Gasteiger partial charge on any atom is -0.493 e. The van der Waals surface area contributed by atoms with Crippen molar-refractivity contribution < 1.29 is 9.47 Å². The molecule has 1 aromatic carbocycles. The quantitative estimate of drug-likeness (QED) is 0.304. The zero-order chi connectivity index (χ0) is 19.9. The number of rotatable bonds is 13. The maximum atomic E-state index is 5.92. The van der Waals surface area contributed by atoms with Crippen LogP contribution in [-0.4, -0.2) is 69.3 Å². The Balaban J connectivity index is 2.67. The van der Waals surface area contributed by atoms with E-state index in [1.54, 1.807) is 7.11 Å². The van der Waals surface area contributed by atoms with Gasteiger partial charge in [-0.3, -0.25) is 0 Å². The van der Waals surface area contributed by atoms with Gasteiger partial charge in [0.1, 0.15) is 6.61 Å². The monoisotopic (exact) mass is 396 g/mol. The Morgan fingerprint density at radius 1 is 1.15 bits per heavy atom. The van der Waals surface area contributed by atoms with E-state index in [0.29, 0.717) is 13.2 Å². The fourth-order valence-corrected chi connectivity index (χ4v) is 2.84. The number of guanidine groups is 1. The van der Waals surface area contributed by atoms with E-state index in [1.807, 2.05) is 30.0 Å². The molecule has 0 radical (unpaired) electrons. The number of nitrogens with one attached hydrogen (secondary N) is 2. The smallest absolute Gasteiger partial charge is 0.191 e. The Kier molecular flexibility index (Phi) is 12.6. The van der Waals surface area contributed by atoms with Gasteiger partial charge in [0.15, 0.2) is 17.5 Å². The Morgan fingerprint density at radius 2 is 1.93 bits per heavy atom. The molecule has 0 spiro atoms. The standard InChI is InChI=1S/C20H36N4O2S/c1-6-21-20(22-11-14-27-5)23-16-17-9-10-18(19(15-17)25-4)26-13-12-24(7-2)8-3/h9-10,15H,6-8,11-14,16H2,1-5H3,(H2,21,22,23). The highest BCUT2D eigenvalue weighted by Gasteiger charge is 2.07. The summed E-state index contributed by atoms with van der Waals surface area (Å²) in [5.41, 5.74) is 1.09. The van der Waals surface area contributed by atoms with Crippen LogP contribution in [0.5, 0.6) is 11.5 Å². The fourth-order valence-electron chi connectivity index (χ4n) is 2.54. The summed E-state index contributed by atoms with van der Waals surface area (Å²) in [5, 5.41) is 6.61. The van der Waals surface area contributed by atoms with Crippen LogP contribution in [0.2, 0.25) is 0 Å². The second kappa shape index (κ2) is 14.5. The van der Waals surface area contributed by atoms with E-state index >= 15 is 0 Å². The first-order valence-electron chi connectivity index (χ1n) is 9.71. The highest BCUT2D eigenvalue weighted by Crippen LogP contribution is 2.28. The maximum absolute atomic E-state index is 5.92. The molecule has 0 aromatic heterocycles. The zero-order valence-corrected chi connectivity index (χ0v) is 18.3. The Morgan fingerprint density at radius 3 is 2.56 bits per heavy atom. The number of nitrogens with zero attached hydrogens (tertiary/aromatic N) is 2. The van der Waals surface area contributed by atoms with Gasteiger partial charge in [0.2, 0.25) is 0 Å². The molecule has 0 fully saturated rings. The van der Waals surface area contributed by atoms with E-state index in [-0.39, 0.29) is 0 Å². The molecule has 1 aromatic rings. The molecular weight excluding hydrogens is 360 g/mol. The number of benzene rings is 1. The van der Waals surface area contributed by atoms with Gasteiger partial charge >= 0.3 is 0 Å². The summed E-state index contributed by atoms with van der Waals surface area (Å²) in [6.45, 7) is 12.4. The average molecular weight is 397 g/mol. The normalized spacial score (nSPS) is 11.6. The van der Waals surface area contributed by atoms with Crippen molar-refractivity contribution in [1.82, 2.24) is 15.5 Å². The number of aliphatic imine (C=N–C) groups is 1. The number of hydrogen-bond donors (Lipinski definition) is 2. The lowest BCUT2D eigenvalue weighted by atomic mass is 10.2. The van der Waals surface area contributed by atoms with Crippen LogP contribution in [0.1, 0.15) is 26.3 Å². The molecule has 27 heavy (non-hydrogen) atoms. The average Bonchev–Trinajstić information content (AvgIpc) is 2.70. The van der Waals surface area contributed by atoms with Crippen LogP contribution < -0.4 is 20.1 Å². The molecule has 0 aliphatic rings. The molecule has 0 bridgehead atoms. The topological polar surface area (TPSA) is 58.1 Å². The van der Waals surface area contributed by atoms with Crippen LogP contribution >= 0.6 is 11.8 Å². The summed E-state index contributed by atoms with van der Waals surface area (Å²) in [7, 11) is 1.67. The molecule has 0 saturated carbocycles. The van der Waals surface area contributed by atoms with Gasteiger partial charge in [-0.1, -0.05) is 19.9 Å². The van der Waals surface area contributed by atoms with Crippen molar-refractivity contribution >= 4 is 17.7 Å². The molecule has 0 aliphatic carbocycles. The van der Waals surface area contributed by atoms with E-state index in [1.165, 1.54) is 0 Å². The van der Waals surface area contributed by atoms with Crippen LogP contribution in [0.4, 0.5) is 0 Å². The van der Waals surface area contributed by atoms with Gasteiger partial charge in [-0.15, -0.1) is 0 Å². The minimum absolute atomic E-state index is 0.588. The van der Waals surface area contributed by atoms with Crippen LogP contribution in [0.3, 0.4) is 0 Å². The Labute approximate surface area is 169 Å².